The molecule has 0 amide bonds. The molecule has 2 aromatic rings. The molecule has 0 unspecified atom stereocenters. The van der Waals surface area contributed by atoms with E-state index in [1.54, 1.807) is 15.8 Å². The molecule has 19 heavy (non-hydrogen) atoms. The summed E-state index contributed by atoms with van der Waals surface area (Å²) in [5.41, 5.74) is 0. The van der Waals surface area contributed by atoms with Crippen molar-refractivity contribution in [1.82, 2.24) is 30.0 Å². The zero-order valence-corrected chi connectivity index (χ0v) is 14.6. The highest BCUT2D eigenvalue weighted by Crippen LogP contribution is 2.34. The molecule has 0 radical (unpaired) electrons. The van der Waals surface area contributed by atoms with Gasteiger partial charge in [0.05, 0.1) is 18.3 Å². The van der Waals surface area contributed by atoms with Gasteiger partial charge in [-0.1, -0.05) is 0 Å². The van der Waals surface area contributed by atoms with Crippen LogP contribution in [0.25, 0.3) is 0 Å². The highest BCUT2D eigenvalue weighted by molar-refractivity contribution is 9.13. The summed E-state index contributed by atoms with van der Waals surface area (Å²) >= 11 is 9.78. The van der Waals surface area contributed by atoms with E-state index in [1.165, 1.54) is 25.7 Å². The van der Waals surface area contributed by atoms with Gasteiger partial charge in [0.25, 0.3) is 0 Å². The molecule has 2 fully saturated rings. The van der Waals surface area contributed by atoms with Crippen molar-refractivity contribution in [1.29, 1.82) is 0 Å². The third kappa shape index (κ3) is 3.63. The van der Waals surface area contributed by atoms with Crippen LogP contribution in [0.5, 0.6) is 0 Å². The molecule has 4 rings (SSSR count). The zero-order chi connectivity index (χ0) is 13.4. The topological polar surface area (TPSA) is 61.4 Å². The Morgan fingerprint density at radius 1 is 0.842 bits per heavy atom. The predicted molar refractivity (Wildman–Crippen MR) is 79.7 cm³/mol. The first-order valence-electron chi connectivity index (χ1n) is 5.98. The summed E-state index contributed by atoms with van der Waals surface area (Å²) in [5.74, 6) is 0. The number of hydrogen-bond donors (Lipinski definition) is 0. The Morgan fingerprint density at radius 2 is 1.37 bits per heavy atom. The summed E-state index contributed by atoms with van der Waals surface area (Å²) in [6.07, 6.45) is 6.63. The quantitative estimate of drug-likeness (QED) is 0.696. The number of rotatable bonds is 2. The SMILES string of the molecule is Brc1cnn(C2CC2)n1.Brc1nn(C2CC2)nc1Br. The molecule has 0 spiro atoms. The van der Waals surface area contributed by atoms with Gasteiger partial charge in [0.15, 0.2) is 9.21 Å². The first kappa shape index (κ1) is 13.7. The van der Waals surface area contributed by atoms with E-state index in [2.05, 4.69) is 68.2 Å². The molecule has 0 aromatic carbocycles. The molecule has 0 atom stereocenters. The lowest BCUT2D eigenvalue weighted by Gasteiger charge is -1.89. The monoisotopic (exact) mass is 452 g/mol. The molecule has 0 bridgehead atoms. The number of aromatic nitrogens is 6. The van der Waals surface area contributed by atoms with Gasteiger partial charge in [0.1, 0.15) is 4.60 Å². The third-order valence-corrected chi connectivity index (χ3v) is 4.74. The Bertz CT molecular complexity index is 552. The molecule has 2 aliphatic carbocycles. The first-order valence-corrected chi connectivity index (χ1v) is 8.36. The fourth-order valence-electron chi connectivity index (χ4n) is 1.49. The van der Waals surface area contributed by atoms with E-state index in [-0.39, 0.29) is 0 Å². The Balaban J connectivity index is 0.000000117. The van der Waals surface area contributed by atoms with Crippen molar-refractivity contribution in [2.75, 3.05) is 0 Å². The van der Waals surface area contributed by atoms with Crippen molar-refractivity contribution >= 4 is 47.8 Å². The lowest BCUT2D eigenvalue weighted by Crippen LogP contribution is -1.97. The van der Waals surface area contributed by atoms with E-state index < -0.39 is 0 Å². The van der Waals surface area contributed by atoms with Crippen LogP contribution in [0.4, 0.5) is 0 Å². The van der Waals surface area contributed by atoms with Crippen molar-refractivity contribution < 1.29 is 0 Å². The van der Waals surface area contributed by atoms with Crippen molar-refractivity contribution in [2.45, 2.75) is 37.8 Å². The van der Waals surface area contributed by atoms with E-state index in [0.29, 0.717) is 12.1 Å². The minimum Gasteiger partial charge on any atom is -0.181 e. The number of hydrogen-bond acceptors (Lipinski definition) is 4. The fraction of sp³-hybridized carbons (Fsp3) is 0.600. The normalized spacial score (nSPS) is 18.1. The van der Waals surface area contributed by atoms with Crippen LogP contribution in [0.3, 0.4) is 0 Å². The van der Waals surface area contributed by atoms with Gasteiger partial charge in [0, 0.05) is 0 Å². The standard InChI is InChI=1S/C5H5Br2N3.C5H6BrN3/c6-4-5(7)9-10(8-4)3-1-2-3;6-5-3-7-9(8-5)4-1-2-4/h3H,1-2H2;3-4H,1-2H2. The van der Waals surface area contributed by atoms with Gasteiger partial charge in [-0.05, 0) is 73.5 Å². The average Bonchev–Trinajstić information content (AvgIpc) is 3.29. The maximum Gasteiger partial charge on any atom is 0.162 e. The Morgan fingerprint density at radius 3 is 1.79 bits per heavy atom. The molecule has 0 N–H and O–H groups in total. The molecule has 0 saturated heterocycles. The van der Waals surface area contributed by atoms with Gasteiger partial charge in [-0.3, -0.25) is 0 Å². The fourth-order valence-corrected chi connectivity index (χ4v) is 2.23. The van der Waals surface area contributed by atoms with Crippen molar-refractivity contribution in [3.05, 3.63) is 20.0 Å². The Kier molecular flexibility index (Phi) is 4.04. The molecule has 2 aromatic heterocycles. The zero-order valence-electron chi connectivity index (χ0n) is 9.88. The summed E-state index contributed by atoms with van der Waals surface area (Å²) in [7, 11) is 0. The molecule has 2 aliphatic rings. The molecular weight excluding hydrogens is 444 g/mol. The second-order valence-corrected chi connectivity index (χ2v) is 6.87. The van der Waals surface area contributed by atoms with E-state index in [1.807, 2.05) is 0 Å². The molecule has 9 heteroatoms. The van der Waals surface area contributed by atoms with Crippen LogP contribution >= 0.6 is 47.8 Å². The van der Waals surface area contributed by atoms with Crippen LogP contribution in [-0.2, 0) is 0 Å². The van der Waals surface area contributed by atoms with Gasteiger partial charge >= 0.3 is 0 Å². The van der Waals surface area contributed by atoms with E-state index >= 15 is 0 Å². The van der Waals surface area contributed by atoms with E-state index in [0.717, 1.165) is 13.8 Å². The van der Waals surface area contributed by atoms with Crippen LogP contribution in [0.2, 0.25) is 0 Å². The first-order chi connectivity index (χ1) is 9.13. The summed E-state index contributed by atoms with van der Waals surface area (Å²) in [4.78, 5) is 3.53. The third-order valence-electron chi connectivity index (χ3n) is 2.78. The summed E-state index contributed by atoms with van der Waals surface area (Å²) < 4.78 is 2.41. The highest BCUT2D eigenvalue weighted by atomic mass is 79.9. The average molecular weight is 455 g/mol. The second-order valence-electron chi connectivity index (χ2n) is 4.55. The lowest BCUT2D eigenvalue weighted by molar-refractivity contribution is 0.549. The summed E-state index contributed by atoms with van der Waals surface area (Å²) in [6.45, 7) is 0. The summed E-state index contributed by atoms with van der Waals surface area (Å²) in [6, 6.07) is 1.15. The minimum atomic E-state index is 0.558. The lowest BCUT2D eigenvalue weighted by atomic mass is 10.8. The Labute approximate surface area is 135 Å². The van der Waals surface area contributed by atoms with E-state index in [9.17, 15) is 0 Å². The maximum atomic E-state index is 4.15. The van der Waals surface area contributed by atoms with Crippen molar-refractivity contribution in [3.63, 3.8) is 0 Å². The molecule has 2 saturated carbocycles. The van der Waals surface area contributed by atoms with Crippen LogP contribution in [0.1, 0.15) is 37.8 Å². The molecule has 6 nitrogen and oxygen atoms in total. The maximum absolute atomic E-state index is 4.15. The number of halogens is 3. The van der Waals surface area contributed by atoms with E-state index in [4.69, 9.17) is 0 Å². The van der Waals surface area contributed by atoms with Gasteiger partial charge in [-0.25, -0.2) is 0 Å². The molecular formula is C10H11Br3N6. The van der Waals surface area contributed by atoms with Crippen LogP contribution in [0, 0.1) is 0 Å². The smallest absolute Gasteiger partial charge is 0.162 e. The highest BCUT2D eigenvalue weighted by Gasteiger charge is 2.26. The molecule has 0 aliphatic heterocycles. The second kappa shape index (κ2) is 5.61. The Hall–Kier alpha value is -0.280. The molecule has 102 valence electrons. The van der Waals surface area contributed by atoms with Gasteiger partial charge in [-0.2, -0.15) is 14.7 Å². The van der Waals surface area contributed by atoms with Crippen LogP contribution in [-0.4, -0.2) is 30.0 Å². The summed E-state index contributed by atoms with van der Waals surface area (Å²) in [5, 5.41) is 16.4. The van der Waals surface area contributed by atoms with Crippen molar-refractivity contribution in [3.8, 4) is 0 Å². The largest absolute Gasteiger partial charge is 0.181 e. The predicted octanol–water partition coefficient (Wildman–Crippen LogP) is 3.51. The van der Waals surface area contributed by atoms with Gasteiger partial charge in [0.2, 0.25) is 0 Å². The van der Waals surface area contributed by atoms with Crippen LogP contribution in [0.15, 0.2) is 20.0 Å². The molecule has 2 heterocycles. The van der Waals surface area contributed by atoms with Crippen molar-refractivity contribution in [2.24, 2.45) is 0 Å². The minimum absolute atomic E-state index is 0.558. The van der Waals surface area contributed by atoms with Gasteiger partial charge in [-0.15, -0.1) is 15.3 Å². The van der Waals surface area contributed by atoms with Gasteiger partial charge < -0.3 is 0 Å². The van der Waals surface area contributed by atoms with Crippen LogP contribution < -0.4 is 0 Å². The number of nitrogens with zero attached hydrogens (tertiary/aromatic N) is 6.